The van der Waals surface area contributed by atoms with Gasteiger partial charge in [-0.3, -0.25) is 4.79 Å². The Morgan fingerprint density at radius 3 is 2.83 bits per heavy atom. The lowest BCUT2D eigenvalue weighted by molar-refractivity contribution is 0.102. The van der Waals surface area contributed by atoms with Crippen LogP contribution < -0.4 is 0 Å². The molecule has 0 amide bonds. The minimum absolute atomic E-state index is 0.0244. The van der Waals surface area contributed by atoms with Crippen LogP contribution in [0.3, 0.4) is 0 Å². The lowest BCUT2D eigenvalue weighted by Gasteiger charge is -1.99. The van der Waals surface area contributed by atoms with Crippen molar-refractivity contribution in [2.24, 2.45) is 0 Å². The van der Waals surface area contributed by atoms with Gasteiger partial charge in [-0.1, -0.05) is 34.1 Å². The minimum atomic E-state index is -0.0244. The molecule has 1 aromatic rings. The van der Waals surface area contributed by atoms with E-state index < -0.39 is 0 Å². The van der Waals surface area contributed by atoms with E-state index in [0.717, 1.165) is 5.56 Å². The third-order valence-corrected chi connectivity index (χ3v) is 2.06. The van der Waals surface area contributed by atoms with Crippen LogP contribution in [0.15, 0.2) is 24.3 Å². The molecule has 1 aromatic carbocycles. The van der Waals surface area contributed by atoms with E-state index in [1.165, 1.54) is 0 Å². The number of hydrogen-bond donors (Lipinski definition) is 1. The number of halogens is 1. The van der Waals surface area contributed by atoms with E-state index in [1.807, 2.05) is 0 Å². The van der Waals surface area contributed by atoms with Gasteiger partial charge in [0.15, 0.2) is 5.78 Å². The SMILES string of the molecule is O=C(CBr)c1cccc(CO)c1. The molecule has 0 heterocycles. The molecule has 0 atom stereocenters. The van der Waals surface area contributed by atoms with Crippen molar-refractivity contribution in [1.29, 1.82) is 0 Å². The molecule has 0 radical (unpaired) electrons. The van der Waals surface area contributed by atoms with Gasteiger partial charge in [-0.25, -0.2) is 0 Å². The fraction of sp³-hybridized carbons (Fsp3) is 0.222. The first kappa shape index (κ1) is 9.42. The summed E-state index contributed by atoms with van der Waals surface area (Å²) in [5, 5.41) is 9.11. The van der Waals surface area contributed by atoms with Gasteiger partial charge < -0.3 is 5.11 Å². The number of rotatable bonds is 3. The van der Waals surface area contributed by atoms with Crippen LogP contribution in [0.2, 0.25) is 0 Å². The summed E-state index contributed by atoms with van der Waals surface area (Å²) < 4.78 is 0. The molecule has 0 aliphatic heterocycles. The fourth-order valence-electron chi connectivity index (χ4n) is 0.920. The van der Waals surface area contributed by atoms with E-state index in [4.69, 9.17) is 5.11 Å². The topological polar surface area (TPSA) is 37.3 Å². The minimum Gasteiger partial charge on any atom is -0.392 e. The summed E-state index contributed by atoms with van der Waals surface area (Å²) in [7, 11) is 0. The van der Waals surface area contributed by atoms with Crippen LogP contribution in [0.1, 0.15) is 15.9 Å². The summed E-state index contributed by atoms with van der Waals surface area (Å²) in [6.45, 7) is -0.0244. The van der Waals surface area contributed by atoms with Gasteiger partial charge >= 0.3 is 0 Å². The first-order valence-corrected chi connectivity index (χ1v) is 4.69. The Morgan fingerprint density at radius 2 is 2.25 bits per heavy atom. The fourth-order valence-corrected chi connectivity index (χ4v) is 1.24. The van der Waals surface area contributed by atoms with Gasteiger partial charge in [-0.2, -0.15) is 0 Å². The Labute approximate surface area is 79.3 Å². The van der Waals surface area contributed by atoms with E-state index in [9.17, 15) is 4.79 Å². The lowest BCUT2D eigenvalue weighted by Crippen LogP contribution is -2.00. The van der Waals surface area contributed by atoms with E-state index in [2.05, 4.69) is 15.9 Å². The summed E-state index contributed by atoms with van der Waals surface area (Å²) in [5.74, 6) is 0.0327. The standard InChI is InChI=1S/C9H9BrO2/c10-5-9(12)8-3-1-2-7(4-8)6-11/h1-4,11H,5-6H2. The highest BCUT2D eigenvalue weighted by atomic mass is 79.9. The van der Waals surface area contributed by atoms with Gasteiger partial charge in [-0.15, -0.1) is 0 Å². The van der Waals surface area contributed by atoms with Gasteiger partial charge in [0.2, 0.25) is 0 Å². The van der Waals surface area contributed by atoms with Crippen molar-refractivity contribution in [2.45, 2.75) is 6.61 Å². The zero-order chi connectivity index (χ0) is 8.97. The van der Waals surface area contributed by atoms with Gasteiger partial charge in [-0.05, 0) is 11.6 Å². The van der Waals surface area contributed by atoms with Crippen LogP contribution in [0.5, 0.6) is 0 Å². The first-order valence-electron chi connectivity index (χ1n) is 3.57. The van der Waals surface area contributed by atoms with E-state index in [-0.39, 0.29) is 12.4 Å². The normalized spacial score (nSPS) is 9.83. The molecule has 1 N–H and O–H groups in total. The Morgan fingerprint density at radius 1 is 1.50 bits per heavy atom. The van der Waals surface area contributed by atoms with E-state index in [1.54, 1.807) is 24.3 Å². The molecule has 1 rings (SSSR count). The largest absolute Gasteiger partial charge is 0.392 e. The first-order chi connectivity index (χ1) is 5.77. The number of carbonyl (C=O) groups excluding carboxylic acids is 1. The van der Waals surface area contributed by atoms with Crippen LogP contribution in [-0.4, -0.2) is 16.2 Å². The number of carbonyl (C=O) groups is 1. The number of alkyl halides is 1. The van der Waals surface area contributed by atoms with Crippen LogP contribution in [-0.2, 0) is 6.61 Å². The smallest absolute Gasteiger partial charge is 0.173 e. The van der Waals surface area contributed by atoms with Crippen LogP contribution in [0.4, 0.5) is 0 Å². The van der Waals surface area contributed by atoms with Crippen molar-refractivity contribution in [3.05, 3.63) is 35.4 Å². The Hall–Kier alpha value is -0.670. The maximum absolute atomic E-state index is 11.2. The molecule has 0 fully saturated rings. The zero-order valence-electron chi connectivity index (χ0n) is 6.46. The van der Waals surface area contributed by atoms with Gasteiger partial charge in [0.25, 0.3) is 0 Å². The maximum atomic E-state index is 11.2. The van der Waals surface area contributed by atoms with Crippen molar-refractivity contribution in [3.63, 3.8) is 0 Å². The zero-order valence-corrected chi connectivity index (χ0v) is 8.04. The number of hydrogen-bond acceptors (Lipinski definition) is 2. The van der Waals surface area contributed by atoms with Crippen LogP contribution in [0, 0.1) is 0 Å². The summed E-state index contributed by atoms with van der Waals surface area (Å²) in [6.07, 6.45) is 0. The van der Waals surface area contributed by atoms with E-state index in [0.29, 0.717) is 10.9 Å². The predicted octanol–water partition coefficient (Wildman–Crippen LogP) is 1.76. The van der Waals surface area contributed by atoms with Crippen LogP contribution in [0.25, 0.3) is 0 Å². The Bertz CT molecular complexity index is 284. The second-order valence-corrected chi connectivity index (χ2v) is 2.98. The highest BCUT2D eigenvalue weighted by Gasteiger charge is 2.02. The summed E-state index contributed by atoms with van der Waals surface area (Å²) in [6, 6.07) is 6.98. The number of Topliss-reactive ketones (excluding diaryl/α,β-unsaturated/α-hetero) is 1. The van der Waals surface area contributed by atoms with Gasteiger partial charge in [0.1, 0.15) is 0 Å². The van der Waals surface area contributed by atoms with Crippen molar-refractivity contribution >= 4 is 21.7 Å². The molecule has 0 aliphatic rings. The molecule has 0 aromatic heterocycles. The quantitative estimate of drug-likeness (QED) is 0.633. The number of aliphatic hydroxyl groups excluding tert-OH is 1. The Kier molecular flexibility index (Phi) is 3.44. The second-order valence-electron chi connectivity index (χ2n) is 2.42. The molecule has 12 heavy (non-hydrogen) atoms. The monoisotopic (exact) mass is 228 g/mol. The number of ketones is 1. The van der Waals surface area contributed by atoms with Crippen molar-refractivity contribution < 1.29 is 9.90 Å². The summed E-state index contributed by atoms with van der Waals surface area (Å²) in [4.78, 5) is 11.2. The third-order valence-electron chi connectivity index (χ3n) is 1.55. The number of aliphatic hydroxyl groups is 1. The second kappa shape index (κ2) is 4.38. The molecule has 0 aliphatic carbocycles. The predicted molar refractivity (Wildman–Crippen MR) is 50.5 cm³/mol. The molecule has 3 heteroatoms. The number of benzene rings is 1. The molecule has 0 spiro atoms. The average Bonchev–Trinajstić information content (AvgIpc) is 2.17. The molecule has 0 unspecified atom stereocenters. The van der Waals surface area contributed by atoms with Gasteiger partial charge in [0.05, 0.1) is 11.9 Å². The Balaban J connectivity index is 2.93. The molecule has 64 valence electrons. The summed E-state index contributed by atoms with van der Waals surface area (Å²) >= 11 is 3.09. The van der Waals surface area contributed by atoms with Crippen molar-refractivity contribution in [1.82, 2.24) is 0 Å². The summed E-state index contributed by atoms with van der Waals surface area (Å²) in [5.41, 5.74) is 1.40. The highest BCUT2D eigenvalue weighted by Crippen LogP contribution is 2.07. The molecule has 2 nitrogen and oxygen atoms in total. The molecule has 0 bridgehead atoms. The van der Waals surface area contributed by atoms with E-state index >= 15 is 0 Å². The molecular weight excluding hydrogens is 220 g/mol. The molecule has 0 saturated carbocycles. The average molecular weight is 229 g/mol. The van der Waals surface area contributed by atoms with Crippen LogP contribution >= 0.6 is 15.9 Å². The van der Waals surface area contributed by atoms with Crippen molar-refractivity contribution in [3.8, 4) is 0 Å². The third kappa shape index (κ3) is 2.16. The van der Waals surface area contributed by atoms with Gasteiger partial charge in [0, 0.05) is 5.56 Å². The van der Waals surface area contributed by atoms with Crippen molar-refractivity contribution in [2.75, 3.05) is 5.33 Å². The lowest BCUT2D eigenvalue weighted by atomic mass is 10.1. The highest BCUT2D eigenvalue weighted by molar-refractivity contribution is 9.09. The molecule has 0 saturated heterocycles. The molecular formula is C9H9BrO2. The maximum Gasteiger partial charge on any atom is 0.173 e.